The summed E-state index contributed by atoms with van der Waals surface area (Å²) in [7, 11) is 2.13. The zero-order valence-electron chi connectivity index (χ0n) is 28.9. The number of hydrogen-bond donors (Lipinski definition) is 2. The normalized spacial score (nSPS) is 46.7. The molecule has 1 aliphatic heterocycles. The van der Waals surface area contributed by atoms with E-state index in [9.17, 15) is 14.7 Å². The molecule has 1 amide bonds. The zero-order valence-corrected chi connectivity index (χ0v) is 28.9. The van der Waals surface area contributed by atoms with Crippen LogP contribution in [-0.2, 0) is 9.59 Å². The fourth-order valence-corrected chi connectivity index (χ4v) is 12.5. The summed E-state index contributed by atoms with van der Waals surface area (Å²) in [5.41, 5.74) is 1.65. The van der Waals surface area contributed by atoms with E-state index in [4.69, 9.17) is 0 Å². The van der Waals surface area contributed by atoms with Gasteiger partial charge in [-0.15, -0.1) is 0 Å². The van der Waals surface area contributed by atoms with E-state index in [-0.39, 0.29) is 27.6 Å². The SMILES string of the molecule is CC(C)C1=C2[C@H]3CC[C@@H]4[C@@]5(C)CC[C@@](O)(NC(=O)CN6CCN(C)CC6)C(C)(C)[C@@H]5CC[C@@]4(C)[C@]3(C)CC[C@@]2(C)CC1=O. The molecule has 6 heteroatoms. The first kappa shape index (κ1) is 31.7. The van der Waals surface area contributed by atoms with Gasteiger partial charge in [0.1, 0.15) is 5.72 Å². The number of aliphatic hydroxyl groups is 1. The third kappa shape index (κ3) is 4.42. The van der Waals surface area contributed by atoms with Gasteiger partial charge in [-0.05, 0) is 109 Å². The van der Waals surface area contributed by atoms with Gasteiger partial charge in [0, 0.05) is 38.0 Å². The lowest BCUT2D eigenvalue weighted by atomic mass is 9.32. The number of likely N-dealkylation sites (N-methyl/N-ethyl adjacent to an activating group) is 1. The summed E-state index contributed by atoms with van der Waals surface area (Å²) in [6.07, 6.45) is 9.25. The summed E-state index contributed by atoms with van der Waals surface area (Å²) in [6, 6.07) is 0. The number of Topliss-reactive ketones (excluding diaryl/α,β-unsaturated/α-hetero) is 1. The number of rotatable bonds is 4. The Labute approximate surface area is 261 Å². The van der Waals surface area contributed by atoms with Crippen molar-refractivity contribution in [1.29, 1.82) is 0 Å². The summed E-state index contributed by atoms with van der Waals surface area (Å²) in [5.74, 6) is 2.10. The first-order chi connectivity index (χ1) is 19.9. The first-order valence-electron chi connectivity index (χ1n) is 17.6. The Morgan fingerprint density at radius 1 is 0.884 bits per heavy atom. The van der Waals surface area contributed by atoms with E-state index < -0.39 is 11.1 Å². The molecule has 43 heavy (non-hydrogen) atoms. The van der Waals surface area contributed by atoms with Crippen LogP contribution in [0.15, 0.2) is 11.1 Å². The minimum absolute atomic E-state index is 0.0389. The van der Waals surface area contributed by atoms with Crippen LogP contribution in [0.2, 0.25) is 0 Å². The maximum atomic E-state index is 13.4. The van der Waals surface area contributed by atoms with Gasteiger partial charge in [-0.1, -0.05) is 61.0 Å². The smallest absolute Gasteiger partial charge is 0.236 e. The molecule has 1 saturated heterocycles. The Balaban J connectivity index is 1.26. The van der Waals surface area contributed by atoms with E-state index in [1.807, 2.05) is 0 Å². The first-order valence-corrected chi connectivity index (χ1v) is 17.6. The quantitative estimate of drug-likeness (QED) is 0.388. The Bertz CT molecular complexity index is 1200. The second-order valence-corrected chi connectivity index (χ2v) is 18.0. The summed E-state index contributed by atoms with van der Waals surface area (Å²) < 4.78 is 0. The lowest BCUT2D eigenvalue weighted by Gasteiger charge is -2.73. The van der Waals surface area contributed by atoms with Crippen molar-refractivity contribution in [3.63, 3.8) is 0 Å². The molecule has 0 aromatic heterocycles. The van der Waals surface area contributed by atoms with Crippen molar-refractivity contribution in [2.45, 2.75) is 119 Å². The fourth-order valence-electron chi connectivity index (χ4n) is 12.5. The molecule has 0 radical (unpaired) electrons. The van der Waals surface area contributed by atoms with Crippen LogP contribution in [0.5, 0.6) is 0 Å². The van der Waals surface area contributed by atoms with Crippen molar-refractivity contribution in [3.8, 4) is 0 Å². The maximum Gasteiger partial charge on any atom is 0.236 e. The number of piperazine rings is 1. The van der Waals surface area contributed by atoms with E-state index in [1.165, 1.54) is 24.8 Å². The third-order valence-corrected chi connectivity index (χ3v) is 15.3. The van der Waals surface area contributed by atoms with Crippen molar-refractivity contribution < 1.29 is 14.7 Å². The minimum atomic E-state index is -1.19. The van der Waals surface area contributed by atoms with Gasteiger partial charge in [-0.2, -0.15) is 0 Å². The van der Waals surface area contributed by atoms with Crippen LogP contribution in [0.25, 0.3) is 0 Å². The molecule has 5 fully saturated rings. The molecule has 0 spiro atoms. The predicted molar refractivity (Wildman–Crippen MR) is 172 cm³/mol. The van der Waals surface area contributed by atoms with Crippen molar-refractivity contribution in [1.82, 2.24) is 15.1 Å². The highest BCUT2D eigenvalue weighted by Gasteiger charge is 2.71. The molecule has 4 saturated carbocycles. The monoisotopic (exact) mass is 595 g/mol. The molecule has 2 N–H and O–H groups in total. The van der Waals surface area contributed by atoms with Crippen molar-refractivity contribution in [3.05, 3.63) is 11.1 Å². The Kier molecular flexibility index (Phi) is 7.47. The van der Waals surface area contributed by atoms with Crippen LogP contribution in [0.3, 0.4) is 0 Å². The van der Waals surface area contributed by atoms with Gasteiger partial charge in [0.15, 0.2) is 5.78 Å². The van der Waals surface area contributed by atoms with Gasteiger partial charge in [0.2, 0.25) is 5.91 Å². The molecule has 5 aliphatic carbocycles. The number of nitrogens with one attached hydrogen (secondary N) is 1. The largest absolute Gasteiger partial charge is 0.370 e. The van der Waals surface area contributed by atoms with Gasteiger partial charge in [0.05, 0.1) is 6.54 Å². The van der Waals surface area contributed by atoms with Crippen molar-refractivity contribution in [2.75, 3.05) is 39.8 Å². The highest BCUT2D eigenvalue weighted by Crippen LogP contribution is 2.77. The summed E-state index contributed by atoms with van der Waals surface area (Å²) >= 11 is 0. The summed E-state index contributed by atoms with van der Waals surface area (Å²) in [5, 5.41) is 15.4. The molecule has 6 rings (SSSR count). The average molecular weight is 596 g/mol. The molecular weight excluding hydrogens is 534 g/mol. The second-order valence-electron chi connectivity index (χ2n) is 18.0. The Morgan fingerprint density at radius 2 is 1.56 bits per heavy atom. The number of carbonyl (C=O) groups is 2. The number of ketones is 1. The summed E-state index contributed by atoms with van der Waals surface area (Å²) in [4.78, 5) is 31.2. The topological polar surface area (TPSA) is 72.9 Å². The highest BCUT2D eigenvalue weighted by molar-refractivity contribution is 6.00. The Hall–Kier alpha value is -1.24. The van der Waals surface area contributed by atoms with Gasteiger partial charge in [-0.25, -0.2) is 0 Å². The molecule has 8 atom stereocenters. The molecular formula is C37H61N3O3. The van der Waals surface area contributed by atoms with Crippen LogP contribution in [0.1, 0.15) is 113 Å². The van der Waals surface area contributed by atoms with Gasteiger partial charge >= 0.3 is 0 Å². The molecule has 0 aromatic carbocycles. The molecule has 0 aromatic rings. The van der Waals surface area contributed by atoms with Crippen LogP contribution >= 0.6 is 0 Å². The van der Waals surface area contributed by atoms with E-state index in [1.54, 1.807) is 5.57 Å². The van der Waals surface area contributed by atoms with Gasteiger partial charge in [0.25, 0.3) is 0 Å². The van der Waals surface area contributed by atoms with Crippen LogP contribution in [0, 0.1) is 50.7 Å². The number of carbonyl (C=O) groups excluding carboxylic acids is 2. The molecule has 242 valence electrons. The molecule has 1 heterocycles. The summed E-state index contributed by atoms with van der Waals surface area (Å²) in [6.45, 7) is 23.2. The fraction of sp³-hybridized carbons (Fsp3) is 0.892. The van der Waals surface area contributed by atoms with E-state index in [2.05, 4.69) is 77.6 Å². The molecule has 0 bridgehead atoms. The minimum Gasteiger partial charge on any atom is -0.370 e. The molecule has 0 unspecified atom stereocenters. The molecule has 6 nitrogen and oxygen atoms in total. The average Bonchev–Trinajstić information content (AvgIpc) is 3.19. The van der Waals surface area contributed by atoms with Crippen molar-refractivity contribution in [2.24, 2.45) is 50.7 Å². The maximum absolute atomic E-state index is 13.4. The van der Waals surface area contributed by atoms with E-state index in [0.717, 1.165) is 58.3 Å². The van der Waals surface area contributed by atoms with Gasteiger partial charge < -0.3 is 15.3 Å². The number of hydrogen-bond acceptors (Lipinski definition) is 5. The van der Waals surface area contributed by atoms with E-state index in [0.29, 0.717) is 42.4 Å². The highest BCUT2D eigenvalue weighted by atomic mass is 16.3. The van der Waals surface area contributed by atoms with E-state index >= 15 is 0 Å². The second kappa shape index (κ2) is 10.1. The standard InChI is InChI=1S/C37H61N3O3/c1-24(2)30-26(41)22-33(5)14-16-35(7)25(31(30)33)10-11-28-34(6)15-17-37(43,32(3,4)27(34)12-13-36(28,35)8)38-29(42)23-40-20-18-39(9)19-21-40/h24-25,27-28,43H,10-23H2,1-9H3,(H,38,42)/t25-,27+,28-,33+,34+,35-,36-,37+/m1/s1. The predicted octanol–water partition coefficient (Wildman–Crippen LogP) is 6.04. The third-order valence-electron chi connectivity index (χ3n) is 15.3. The number of amides is 1. The number of allylic oxidation sites excluding steroid dienone is 2. The lowest BCUT2D eigenvalue weighted by molar-refractivity contribution is -0.258. The van der Waals surface area contributed by atoms with Crippen LogP contribution in [0.4, 0.5) is 0 Å². The number of nitrogens with zero attached hydrogens (tertiary/aromatic N) is 2. The lowest BCUT2D eigenvalue weighted by Crippen LogP contribution is -2.71. The van der Waals surface area contributed by atoms with Crippen molar-refractivity contribution >= 4 is 11.7 Å². The van der Waals surface area contributed by atoms with Gasteiger partial charge in [-0.3, -0.25) is 14.5 Å². The number of fused-ring (bicyclic) bond motifs is 7. The Morgan fingerprint density at radius 3 is 2.21 bits per heavy atom. The van der Waals surface area contributed by atoms with Crippen LogP contribution < -0.4 is 5.32 Å². The molecule has 6 aliphatic rings. The zero-order chi connectivity index (χ0) is 31.4. The van der Waals surface area contributed by atoms with Crippen LogP contribution in [-0.4, -0.2) is 72.1 Å².